The van der Waals surface area contributed by atoms with E-state index in [9.17, 15) is 4.79 Å². The second kappa shape index (κ2) is 9.82. The number of aromatic nitrogens is 3. The highest BCUT2D eigenvalue weighted by Crippen LogP contribution is 2.22. The minimum absolute atomic E-state index is 0.0368. The van der Waals surface area contributed by atoms with Crippen LogP contribution in [0.1, 0.15) is 27.0 Å². The first-order chi connectivity index (χ1) is 16.1. The van der Waals surface area contributed by atoms with Gasteiger partial charge in [0, 0.05) is 31.6 Å². The van der Waals surface area contributed by atoms with Gasteiger partial charge in [-0.15, -0.1) is 22.7 Å². The molecule has 0 spiro atoms. The molecule has 5 rings (SSSR count). The van der Waals surface area contributed by atoms with Crippen molar-refractivity contribution in [1.29, 1.82) is 0 Å². The van der Waals surface area contributed by atoms with Crippen molar-refractivity contribution in [1.82, 2.24) is 24.9 Å². The molecule has 4 heterocycles. The van der Waals surface area contributed by atoms with Gasteiger partial charge in [-0.05, 0) is 30.5 Å². The van der Waals surface area contributed by atoms with Crippen molar-refractivity contribution < 1.29 is 14.1 Å². The highest BCUT2D eigenvalue weighted by Gasteiger charge is 2.25. The summed E-state index contributed by atoms with van der Waals surface area (Å²) < 4.78 is 11.2. The van der Waals surface area contributed by atoms with Crippen LogP contribution in [0.3, 0.4) is 0 Å². The van der Waals surface area contributed by atoms with Crippen LogP contribution >= 0.6 is 22.7 Å². The normalized spacial score (nSPS) is 14.5. The number of hydrogen-bond donors (Lipinski definition) is 0. The van der Waals surface area contributed by atoms with Crippen LogP contribution in [0.25, 0.3) is 10.7 Å². The van der Waals surface area contributed by atoms with Crippen molar-refractivity contribution in [2.24, 2.45) is 0 Å². The summed E-state index contributed by atoms with van der Waals surface area (Å²) >= 11 is 3.03. The maximum Gasteiger partial charge on any atom is 0.273 e. The smallest absolute Gasteiger partial charge is 0.273 e. The third-order valence-electron chi connectivity index (χ3n) is 5.38. The monoisotopic (exact) mass is 481 g/mol. The molecule has 1 aliphatic rings. The lowest BCUT2D eigenvalue weighted by molar-refractivity contribution is 0.0610. The molecule has 4 aromatic rings. The van der Waals surface area contributed by atoms with Crippen LogP contribution in [-0.2, 0) is 13.2 Å². The molecule has 10 heteroatoms. The molecule has 1 aromatic carbocycles. The van der Waals surface area contributed by atoms with Crippen LogP contribution in [0.2, 0.25) is 0 Å². The van der Waals surface area contributed by atoms with Gasteiger partial charge in [0.25, 0.3) is 5.91 Å². The van der Waals surface area contributed by atoms with Crippen LogP contribution in [0, 0.1) is 6.92 Å². The summed E-state index contributed by atoms with van der Waals surface area (Å²) in [7, 11) is 0. The van der Waals surface area contributed by atoms with Crippen molar-refractivity contribution in [3.05, 3.63) is 69.3 Å². The Kier molecular flexibility index (Phi) is 6.47. The van der Waals surface area contributed by atoms with Crippen molar-refractivity contribution >= 4 is 28.6 Å². The Balaban J connectivity index is 1.11. The number of amides is 1. The molecule has 1 amide bonds. The summed E-state index contributed by atoms with van der Waals surface area (Å²) in [6, 6.07) is 11.8. The highest BCUT2D eigenvalue weighted by atomic mass is 32.1. The van der Waals surface area contributed by atoms with Crippen molar-refractivity contribution in [3.8, 4) is 16.5 Å². The minimum Gasteiger partial charge on any atom is -0.486 e. The van der Waals surface area contributed by atoms with Gasteiger partial charge in [-0.2, -0.15) is 4.98 Å². The van der Waals surface area contributed by atoms with E-state index in [0.29, 0.717) is 43.7 Å². The average molecular weight is 482 g/mol. The number of thiazole rings is 1. The quantitative estimate of drug-likeness (QED) is 0.393. The first-order valence-corrected chi connectivity index (χ1v) is 12.4. The second-order valence-electron chi connectivity index (χ2n) is 7.79. The minimum atomic E-state index is -0.0368. The maximum absolute atomic E-state index is 12.9. The molecule has 0 atom stereocenters. The lowest BCUT2D eigenvalue weighted by Crippen LogP contribution is -2.48. The summed E-state index contributed by atoms with van der Waals surface area (Å²) in [5.41, 5.74) is 1.67. The molecule has 0 bridgehead atoms. The summed E-state index contributed by atoms with van der Waals surface area (Å²) in [5, 5.41) is 8.65. The number of carbonyl (C=O) groups excluding carboxylic acids is 1. The Morgan fingerprint density at radius 2 is 1.91 bits per heavy atom. The van der Waals surface area contributed by atoms with Gasteiger partial charge in [0.15, 0.2) is 0 Å². The third kappa shape index (κ3) is 5.29. The summed E-state index contributed by atoms with van der Waals surface area (Å²) in [4.78, 5) is 26.9. The second-order valence-corrected chi connectivity index (χ2v) is 9.68. The van der Waals surface area contributed by atoms with E-state index in [0.717, 1.165) is 28.7 Å². The van der Waals surface area contributed by atoms with Gasteiger partial charge in [0.05, 0.1) is 11.4 Å². The molecule has 3 aromatic heterocycles. The van der Waals surface area contributed by atoms with E-state index < -0.39 is 0 Å². The van der Waals surface area contributed by atoms with Crippen LogP contribution in [0.5, 0.6) is 5.75 Å². The van der Waals surface area contributed by atoms with Crippen LogP contribution < -0.4 is 4.74 Å². The predicted molar refractivity (Wildman–Crippen MR) is 126 cm³/mol. The van der Waals surface area contributed by atoms with Gasteiger partial charge in [-0.3, -0.25) is 9.69 Å². The van der Waals surface area contributed by atoms with Gasteiger partial charge in [-0.1, -0.05) is 28.9 Å². The Labute approximate surface area is 199 Å². The Morgan fingerprint density at radius 3 is 2.67 bits per heavy atom. The molecule has 33 heavy (non-hydrogen) atoms. The molecule has 170 valence electrons. The Morgan fingerprint density at radius 1 is 1.09 bits per heavy atom. The summed E-state index contributed by atoms with van der Waals surface area (Å²) in [6.45, 7) is 5.74. The van der Waals surface area contributed by atoms with Crippen LogP contribution in [-0.4, -0.2) is 57.0 Å². The number of nitrogens with zero attached hydrogens (tertiary/aromatic N) is 5. The maximum atomic E-state index is 12.9. The zero-order valence-electron chi connectivity index (χ0n) is 18.1. The third-order valence-corrected chi connectivity index (χ3v) is 7.07. The predicted octanol–water partition coefficient (Wildman–Crippen LogP) is 4.10. The summed E-state index contributed by atoms with van der Waals surface area (Å²) in [5.74, 6) is 1.98. The van der Waals surface area contributed by atoms with Crippen molar-refractivity contribution in [3.63, 3.8) is 0 Å². The molecule has 0 unspecified atom stereocenters. The van der Waals surface area contributed by atoms with Gasteiger partial charge >= 0.3 is 0 Å². The molecule has 1 saturated heterocycles. The zero-order chi connectivity index (χ0) is 22.6. The molecular weight excluding hydrogens is 458 g/mol. The lowest BCUT2D eigenvalue weighted by atomic mass is 10.2. The molecule has 0 radical (unpaired) electrons. The Bertz CT molecular complexity index is 1200. The largest absolute Gasteiger partial charge is 0.486 e. The zero-order valence-corrected chi connectivity index (χ0v) is 19.8. The fraction of sp³-hybridized carbons (Fsp3) is 0.304. The van der Waals surface area contributed by atoms with E-state index in [1.54, 1.807) is 11.3 Å². The number of piperazine rings is 1. The molecule has 1 aliphatic heterocycles. The first-order valence-electron chi connectivity index (χ1n) is 10.7. The van der Waals surface area contributed by atoms with E-state index in [4.69, 9.17) is 9.26 Å². The number of ether oxygens (including phenoxy) is 1. The van der Waals surface area contributed by atoms with E-state index >= 15 is 0 Å². The number of aryl methyl sites for hydroxylation is 1. The first kappa shape index (κ1) is 21.7. The molecule has 1 fully saturated rings. The van der Waals surface area contributed by atoms with E-state index in [1.807, 2.05) is 59.0 Å². The number of thiophene rings is 1. The SMILES string of the molecule is Cc1ccc(OCc2nc(C(=O)N3CCN(Cc4nc(-c5cccs5)no4)CC3)cs2)cc1. The van der Waals surface area contributed by atoms with Gasteiger partial charge in [0.1, 0.15) is 23.1 Å². The molecule has 8 nitrogen and oxygen atoms in total. The Hall–Kier alpha value is -3.08. The average Bonchev–Trinajstić information content (AvgIpc) is 3.60. The van der Waals surface area contributed by atoms with Crippen LogP contribution in [0.15, 0.2) is 51.7 Å². The topological polar surface area (TPSA) is 84.6 Å². The number of hydrogen-bond acceptors (Lipinski definition) is 9. The number of carbonyl (C=O) groups is 1. The van der Waals surface area contributed by atoms with E-state index in [1.165, 1.54) is 16.9 Å². The van der Waals surface area contributed by atoms with Crippen molar-refractivity contribution in [2.45, 2.75) is 20.1 Å². The summed E-state index contributed by atoms with van der Waals surface area (Å²) in [6.07, 6.45) is 0. The lowest BCUT2D eigenvalue weighted by Gasteiger charge is -2.33. The highest BCUT2D eigenvalue weighted by molar-refractivity contribution is 7.13. The van der Waals surface area contributed by atoms with Gasteiger partial charge < -0.3 is 14.2 Å². The van der Waals surface area contributed by atoms with E-state index in [-0.39, 0.29) is 5.91 Å². The number of benzene rings is 1. The fourth-order valence-electron chi connectivity index (χ4n) is 3.54. The number of rotatable bonds is 7. The molecular formula is C23H23N5O3S2. The molecule has 0 N–H and O–H groups in total. The van der Waals surface area contributed by atoms with Crippen LogP contribution in [0.4, 0.5) is 0 Å². The molecule has 0 saturated carbocycles. The van der Waals surface area contributed by atoms with Crippen molar-refractivity contribution in [2.75, 3.05) is 26.2 Å². The van der Waals surface area contributed by atoms with Gasteiger partial charge in [0.2, 0.25) is 11.7 Å². The van der Waals surface area contributed by atoms with Gasteiger partial charge in [-0.25, -0.2) is 4.98 Å². The fourth-order valence-corrected chi connectivity index (χ4v) is 4.87. The van der Waals surface area contributed by atoms with E-state index in [2.05, 4.69) is 20.0 Å². The molecule has 0 aliphatic carbocycles. The standard InChI is InChI=1S/C23H23N5O3S2/c1-16-4-6-17(7-5-16)30-14-21-24-18(15-33-21)23(29)28-10-8-27(9-11-28)13-20-25-22(26-31-20)19-3-2-12-32-19/h2-7,12,15H,8-11,13-14H2,1H3.